The van der Waals surface area contributed by atoms with Gasteiger partial charge in [0.1, 0.15) is 11.6 Å². The minimum atomic E-state index is 0.170. The highest BCUT2D eigenvalue weighted by Gasteiger charge is 2.27. The molecule has 0 unspecified atom stereocenters. The molecule has 4 heterocycles. The summed E-state index contributed by atoms with van der Waals surface area (Å²) in [4.78, 5) is 31.1. The zero-order valence-corrected chi connectivity index (χ0v) is 18.3. The number of carbonyl (C=O) groups is 1. The van der Waals surface area contributed by atoms with Crippen LogP contribution < -0.4 is 4.90 Å². The van der Waals surface area contributed by atoms with Gasteiger partial charge in [0.25, 0.3) is 0 Å². The van der Waals surface area contributed by atoms with E-state index in [1.807, 2.05) is 17.2 Å². The van der Waals surface area contributed by atoms with Crippen molar-refractivity contribution in [3.63, 3.8) is 0 Å². The van der Waals surface area contributed by atoms with Crippen molar-refractivity contribution in [1.82, 2.24) is 19.9 Å². The molecule has 2 saturated heterocycles. The summed E-state index contributed by atoms with van der Waals surface area (Å²) in [6.07, 6.45) is 2.22. The fourth-order valence-electron chi connectivity index (χ4n) is 4.04. The summed E-state index contributed by atoms with van der Waals surface area (Å²) in [5, 5.41) is 2.99. The van der Waals surface area contributed by atoms with Gasteiger partial charge < -0.3 is 14.5 Å². The molecule has 0 bridgehead atoms. The van der Waals surface area contributed by atoms with Crippen LogP contribution in [0.4, 0.5) is 5.82 Å². The maximum Gasteiger partial charge on any atom is 0.228 e. The first kappa shape index (κ1) is 20.2. The van der Waals surface area contributed by atoms with Gasteiger partial charge >= 0.3 is 0 Å². The van der Waals surface area contributed by atoms with Crippen LogP contribution in [0.1, 0.15) is 46.5 Å². The van der Waals surface area contributed by atoms with Gasteiger partial charge in [-0.25, -0.2) is 15.0 Å². The third-order valence-corrected chi connectivity index (χ3v) is 6.73. The number of carbonyl (C=O) groups excluding carboxylic acids is 1. The molecule has 0 radical (unpaired) electrons. The minimum Gasteiger partial charge on any atom is -0.378 e. The topological polar surface area (TPSA) is 71.5 Å². The lowest BCUT2D eigenvalue weighted by atomic mass is 9.95. The Kier molecular flexibility index (Phi) is 6.10. The fourth-order valence-corrected chi connectivity index (χ4v) is 4.66. The van der Waals surface area contributed by atoms with Crippen LogP contribution >= 0.6 is 11.3 Å². The van der Waals surface area contributed by atoms with Crippen molar-refractivity contribution >= 4 is 23.1 Å². The van der Waals surface area contributed by atoms with E-state index in [4.69, 9.17) is 14.7 Å². The Morgan fingerprint density at radius 1 is 1.10 bits per heavy atom. The van der Waals surface area contributed by atoms with Crippen molar-refractivity contribution in [3.05, 3.63) is 33.2 Å². The number of nitrogens with zero attached hydrogens (tertiary/aromatic N) is 5. The number of ether oxygens (including phenoxy) is 1. The molecule has 2 aliphatic heterocycles. The zero-order chi connectivity index (χ0) is 20.4. The van der Waals surface area contributed by atoms with Gasteiger partial charge in [0.15, 0.2) is 0 Å². The van der Waals surface area contributed by atoms with E-state index >= 15 is 0 Å². The average molecular weight is 416 g/mol. The van der Waals surface area contributed by atoms with Gasteiger partial charge in [-0.2, -0.15) is 0 Å². The Morgan fingerprint density at radius 2 is 1.83 bits per heavy atom. The molecule has 0 aliphatic carbocycles. The van der Waals surface area contributed by atoms with Gasteiger partial charge in [-0.15, -0.1) is 11.3 Å². The molecule has 0 atom stereocenters. The molecule has 8 heteroatoms. The number of aryl methyl sites for hydroxylation is 2. The molecule has 2 fully saturated rings. The summed E-state index contributed by atoms with van der Waals surface area (Å²) in [6.45, 7) is 10.9. The average Bonchev–Trinajstić information content (AvgIpc) is 3.15. The van der Waals surface area contributed by atoms with Gasteiger partial charge in [-0.05, 0) is 33.6 Å². The Labute approximate surface area is 176 Å². The number of morpholine rings is 1. The summed E-state index contributed by atoms with van der Waals surface area (Å²) >= 11 is 1.60. The maximum absolute atomic E-state index is 12.6. The van der Waals surface area contributed by atoms with E-state index in [0.29, 0.717) is 12.3 Å². The predicted octanol–water partition coefficient (Wildman–Crippen LogP) is 2.64. The number of likely N-dealkylation sites (tertiary alicyclic amines) is 1. The minimum absolute atomic E-state index is 0.170. The van der Waals surface area contributed by atoms with Crippen LogP contribution in [0.5, 0.6) is 0 Å². The monoisotopic (exact) mass is 415 g/mol. The van der Waals surface area contributed by atoms with E-state index in [2.05, 4.69) is 23.7 Å². The molecule has 7 nitrogen and oxygen atoms in total. The lowest BCUT2D eigenvalue weighted by Crippen LogP contribution is -2.40. The number of thiazole rings is 1. The first-order valence-electron chi connectivity index (χ1n) is 10.4. The number of hydrogen-bond donors (Lipinski definition) is 0. The van der Waals surface area contributed by atoms with Crippen LogP contribution in [-0.4, -0.2) is 65.2 Å². The molecule has 0 aromatic carbocycles. The lowest BCUT2D eigenvalue weighted by Gasteiger charge is -2.33. The molecule has 0 spiro atoms. The third-order valence-electron chi connectivity index (χ3n) is 5.90. The molecule has 0 saturated carbocycles. The molecule has 2 aliphatic rings. The maximum atomic E-state index is 12.6. The van der Waals surface area contributed by atoms with E-state index in [1.165, 1.54) is 0 Å². The second kappa shape index (κ2) is 8.75. The molecule has 29 heavy (non-hydrogen) atoms. The predicted molar refractivity (Wildman–Crippen MR) is 114 cm³/mol. The van der Waals surface area contributed by atoms with Crippen LogP contribution in [0.3, 0.4) is 0 Å². The van der Waals surface area contributed by atoms with Crippen molar-refractivity contribution in [2.24, 2.45) is 0 Å². The zero-order valence-electron chi connectivity index (χ0n) is 17.5. The second-order valence-electron chi connectivity index (χ2n) is 7.90. The quantitative estimate of drug-likeness (QED) is 0.765. The summed E-state index contributed by atoms with van der Waals surface area (Å²) in [5.41, 5.74) is 3.09. The van der Waals surface area contributed by atoms with Gasteiger partial charge in [0, 0.05) is 48.7 Å². The number of piperidine rings is 1. The largest absolute Gasteiger partial charge is 0.378 e. The van der Waals surface area contributed by atoms with Crippen LogP contribution in [0.2, 0.25) is 0 Å². The summed E-state index contributed by atoms with van der Waals surface area (Å²) in [5.74, 6) is 2.45. The van der Waals surface area contributed by atoms with E-state index < -0.39 is 0 Å². The number of aromatic nitrogens is 3. The first-order valence-corrected chi connectivity index (χ1v) is 11.3. The Morgan fingerprint density at radius 3 is 2.48 bits per heavy atom. The van der Waals surface area contributed by atoms with Crippen molar-refractivity contribution in [1.29, 1.82) is 0 Å². The lowest BCUT2D eigenvalue weighted by molar-refractivity contribution is -0.131. The molecule has 2 aromatic heterocycles. The van der Waals surface area contributed by atoms with E-state index in [1.54, 1.807) is 11.3 Å². The number of amides is 1. The van der Waals surface area contributed by atoms with Crippen molar-refractivity contribution < 1.29 is 9.53 Å². The van der Waals surface area contributed by atoms with Gasteiger partial charge in [0.05, 0.1) is 30.3 Å². The first-order chi connectivity index (χ1) is 14.0. The fraction of sp³-hybridized carbons (Fsp3) is 0.619. The molecule has 0 N–H and O–H groups in total. The SMILES string of the molecule is Cc1nc(CC(=O)N2CCC(c3nc(C)c(C)c(N4CCOCC4)n3)CC2)cs1. The highest BCUT2D eigenvalue weighted by molar-refractivity contribution is 7.09. The van der Waals surface area contributed by atoms with Crippen LogP contribution in [-0.2, 0) is 16.0 Å². The highest BCUT2D eigenvalue weighted by Crippen LogP contribution is 2.29. The second-order valence-corrected chi connectivity index (χ2v) is 8.97. The Bertz CT molecular complexity index is 870. The normalized spacial score (nSPS) is 18.3. The van der Waals surface area contributed by atoms with Crippen molar-refractivity contribution in [2.45, 2.75) is 46.0 Å². The molecule has 2 aromatic rings. The van der Waals surface area contributed by atoms with Gasteiger partial charge in [-0.3, -0.25) is 4.79 Å². The number of hydrogen-bond acceptors (Lipinski definition) is 7. The van der Waals surface area contributed by atoms with E-state index in [-0.39, 0.29) is 5.91 Å². The number of anilines is 1. The molecular formula is C21H29N5O2S. The van der Waals surface area contributed by atoms with Crippen LogP contribution in [0, 0.1) is 20.8 Å². The summed E-state index contributed by atoms with van der Waals surface area (Å²) in [7, 11) is 0. The van der Waals surface area contributed by atoms with E-state index in [9.17, 15) is 4.79 Å². The standard InChI is InChI=1S/C21H29N5O2S/c1-14-15(2)22-20(24-21(14)26-8-10-28-11-9-26)17-4-6-25(7-5-17)19(27)12-18-13-29-16(3)23-18/h13,17H,4-12H2,1-3H3. The van der Waals surface area contributed by atoms with Crippen LogP contribution in [0.15, 0.2) is 5.38 Å². The summed E-state index contributed by atoms with van der Waals surface area (Å²) < 4.78 is 5.49. The Balaban J connectivity index is 1.41. The van der Waals surface area contributed by atoms with Gasteiger partial charge in [0.2, 0.25) is 5.91 Å². The van der Waals surface area contributed by atoms with E-state index in [0.717, 1.165) is 85.8 Å². The molecular weight excluding hydrogens is 386 g/mol. The summed E-state index contributed by atoms with van der Waals surface area (Å²) in [6, 6.07) is 0. The highest BCUT2D eigenvalue weighted by atomic mass is 32.1. The number of rotatable bonds is 4. The molecule has 4 rings (SSSR count). The Hall–Kier alpha value is -2.06. The van der Waals surface area contributed by atoms with Crippen molar-refractivity contribution in [2.75, 3.05) is 44.3 Å². The van der Waals surface area contributed by atoms with Crippen molar-refractivity contribution in [3.8, 4) is 0 Å². The third kappa shape index (κ3) is 4.59. The molecule has 1 amide bonds. The van der Waals surface area contributed by atoms with Crippen LogP contribution in [0.25, 0.3) is 0 Å². The smallest absolute Gasteiger partial charge is 0.228 e. The molecule has 156 valence electrons. The van der Waals surface area contributed by atoms with Gasteiger partial charge in [-0.1, -0.05) is 0 Å².